The molecule has 0 fully saturated rings. The standard InChI is InChI=1S/C16H14O3/c1-11-8-12(2)10-14(9-11)16(18)19-15(17)13-6-4-3-5-7-13/h3-10H,1-2H3. The summed E-state index contributed by atoms with van der Waals surface area (Å²) in [5.74, 6) is -1.26. The van der Waals surface area contributed by atoms with Gasteiger partial charge in [-0.1, -0.05) is 35.4 Å². The molecule has 0 radical (unpaired) electrons. The predicted molar refractivity (Wildman–Crippen MR) is 72.1 cm³/mol. The molecule has 3 heteroatoms. The lowest BCUT2D eigenvalue weighted by Crippen LogP contribution is -2.13. The normalized spacial score (nSPS) is 10.0. The molecule has 0 atom stereocenters. The quantitative estimate of drug-likeness (QED) is 0.610. The molecule has 0 aliphatic carbocycles. The first kappa shape index (κ1) is 13.0. The molecular formula is C16H14O3. The van der Waals surface area contributed by atoms with Gasteiger partial charge in [0.15, 0.2) is 0 Å². The first-order chi connectivity index (χ1) is 9.06. The van der Waals surface area contributed by atoms with Gasteiger partial charge in [0, 0.05) is 0 Å². The molecule has 0 bridgehead atoms. The molecule has 0 unspecified atom stereocenters. The van der Waals surface area contributed by atoms with E-state index < -0.39 is 11.9 Å². The van der Waals surface area contributed by atoms with Gasteiger partial charge in [0.25, 0.3) is 0 Å². The maximum Gasteiger partial charge on any atom is 0.346 e. The number of carbonyl (C=O) groups excluding carboxylic acids is 2. The Hall–Kier alpha value is -2.42. The number of esters is 2. The van der Waals surface area contributed by atoms with Gasteiger partial charge in [0.05, 0.1) is 11.1 Å². The molecule has 0 saturated heterocycles. The van der Waals surface area contributed by atoms with Crippen molar-refractivity contribution in [2.45, 2.75) is 13.8 Å². The van der Waals surface area contributed by atoms with Gasteiger partial charge in [-0.2, -0.15) is 0 Å². The van der Waals surface area contributed by atoms with Crippen molar-refractivity contribution in [1.29, 1.82) is 0 Å². The minimum absolute atomic E-state index is 0.361. The van der Waals surface area contributed by atoms with Crippen molar-refractivity contribution < 1.29 is 14.3 Å². The van der Waals surface area contributed by atoms with Gasteiger partial charge >= 0.3 is 11.9 Å². The van der Waals surface area contributed by atoms with E-state index in [9.17, 15) is 9.59 Å². The molecule has 0 saturated carbocycles. The van der Waals surface area contributed by atoms with Gasteiger partial charge < -0.3 is 4.74 Å². The fourth-order valence-corrected chi connectivity index (χ4v) is 1.87. The highest BCUT2D eigenvalue weighted by Gasteiger charge is 2.14. The summed E-state index contributed by atoms with van der Waals surface area (Å²) >= 11 is 0. The van der Waals surface area contributed by atoms with Crippen LogP contribution in [0.5, 0.6) is 0 Å². The third kappa shape index (κ3) is 3.28. The molecule has 0 aliphatic rings. The Morgan fingerprint density at radius 2 is 1.32 bits per heavy atom. The summed E-state index contributed by atoms with van der Waals surface area (Å²) in [4.78, 5) is 23.6. The van der Waals surface area contributed by atoms with Gasteiger partial charge in [-0.25, -0.2) is 9.59 Å². The number of ether oxygens (including phenoxy) is 1. The maximum atomic E-state index is 11.9. The number of hydrogen-bond acceptors (Lipinski definition) is 3. The topological polar surface area (TPSA) is 43.4 Å². The van der Waals surface area contributed by atoms with E-state index in [4.69, 9.17) is 4.74 Å². The molecule has 0 aliphatic heterocycles. The van der Waals surface area contributed by atoms with Gasteiger partial charge in [-0.3, -0.25) is 0 Å². The SMILES string of the molecule is Cc1cc(C)cc(C(=O)OC(=O)c2ccccc2)c1. The second-order valence-corrected chi connectivity index (χ2v) is 4.42. The molecule has 0 N–H and O–H groups in total. The number of rotatable bonds is 2. The fourth-order valence-electron chi connectivity index (χ4n) is 1.87. The second kappa shape index (κ2) is 5.48. The summed E-state index contributed by atoms with van der Waals surface area (Å²) in [6, 6.07) is 13.8. The lowest BCUT2D eigenvalue weighted by molar-refractivity contribution is 0.0397. The molecule has 3 nitrogen and oxygen atoms in total. The Labute approximate surface area is 111 Å². The summed E-state index contributed by atoms with van der Waals surface area (Å²) < 4.78 is 4.85. The van der Waals surface area contributed by atoms with Crippen LogP contribution in [0, 0.1) is 13.8 Å². The van der Waals surface area contributed by atoms with Crippen molar-refractivity contribution >= 4 is 11.9 Å². The van der Waals surface area contributed by atoms with Crippen LogP contribution in [-0.2, 0) is 4.74 Å². The molecule has 2 rings (SSSR count). The van der Waals surface area contributed by atoms with Crippen molar-refractivity contribution in [1.82, 2.24) is 0 Å². The number of carbonyl (C=O) groups is 2. The number of benzene rings is 2. The van der Waals surface area contributed by atoms with Crippen LogP contribution in [0.4, 0.5) is 0 Å². The number of hydrogen-bond donors (Lipinski definition) is 0. The van der Waals surface area contributed by atoms with Crippen LogP contribution in [0.15, 0.2) is 48.5 Å². The molecular weight excluding hydrogens is 240 g/mol. The molecule has 0 amide bonds. The van der Waals surface area contributed by atoms with E-state index in [0.717, 1.165) is 11.1 Å². The summed E-state index contributed by atoms with van der Waals surface area (Å²) in [6.07, 6.45) is 0. The first-order valence-corrected chi connectivity index (χ1v) is 5.96. The summed E-state index contributed by atoms with van der Waals surface area (Å²) in [7, 11) is 0. The van der Waals surface area contributed by atoms with E-state index >= 15 is 0 Å². The van der Waals surface area contributed by atoms with E-state index in [2.05, 4.69) is 0 Å². The van der Waals surface area contributed by atoms with E-state index in [0.29, 0.717) is 11.1 Å². The average Bonchev–Trinajstić information content (AvgIpc) is 2.38. The monoisotopic (exact) mass is 254 g/mol. The number of aryl methyl sites for hydroxylation is 2. The summed E-state index contributed by atoms with van der Waals surface area (Å²) in [5, 5.41) is 0. The van der Waals surface area contributed by atoms with Crippen molar-refractivity contribution in [3.05, 3.63) is 70.8 Å². The van der Waals surface area contributed by atoms with E-state index in [1.807, 2.05) is 19.9 Å². The van der Waals surface area contributed by atoms with Crippen molar-refractivity contribution in [3.8, 4) is 0 Å². The zero-order valence-electron chi connectivity index (χ0n) is 10.8. The highest BCUT2D eigenvalue weighted by molar-refractivity contribution is 6.02. The van der Waals surface area contributed by atoms with Gasteiger partial charge in [0.2, 0.25) is 0 Å². The zero-order chi connectivity index (χ0) is 13.8. The smallest absolute Gasteiger partial charge is 0.346 e. The van der Waals surface area contributed by atoms with Crippen LogP contribution >= 0.6 is 0 Å². The van der Waals surface area contributed by atoms with E-state index in [1.165, 1.54) is 0 Å². The highest BCUT2D eigenvalue weighted by atomic mass is 16.6. The Kier molecular flexibility index (Phi) is 3.76. The minimum Gasteiger partial charge on any atom is -0.386 e. The van der Waals surface area contributed by atoms with Gasteiger partial charge in [-0.15, -0.1) is 0 Å². The third-order valence-electron chi connectivity index (χ3n) is 2.65. The Bertz CT molecular complexity index is 595. The van der Waals surface area contributed by atoms with Gasteiger partial charge in [-0.05, 0) is 38.1 Å². The second-order valence-electron chi connectivity index (χ2n) is 4.42. The highest BCUT2D eigenvalue weighted by Crippen LogP contribution is 2.11. The molecule has 2 aromatic carbocycles. The molecule has 0 spiro atoms. The zero-order valence-corrected chi connectivity index (χ0v) is 10.8. The van der Waals surface area contributed by atoms with Crippen molar-refractivity contribution in [3.63, 3.8) is 0 Å². The van der Waals surface area contributed by atoms with Crippen LogP contribution in [0.1, 0.15) is 31.8 Å². The molecule has 19 heavy (non-hydrogen) atoms. The Morgan fingerprint density at radius 1 is 0.789 bits per heavy atom. The van der Waals surface area contributed by atoms with Crippen molar-refractivity contribution in [2.24, 2.45) is 0 Å². The van der Waals surface area contributed by atoms with Crippen molar-refractivity contribution in [2.75, 3.05) is 0 Å². The Balaban J connectivity index is 2.15. The lowest BCUT2D eigenvalue weighted by atomic mass is 10.1. The van der Waals surface area contributed by atoms with Crippen LogP contribution in [-0.4, -0.2) is 11.9 Å². The summed E-state index contributed by atoms with van der Waals surface area (Å²) in [5.41, 5.74) is 2.67. The maximum absolute atomic E-state index is 11.9. The molecule has 0 aromatic heterocycles. The molecule has 2 aromatic rings. The third-order valence-corrected chi connectivity index (χ3v) is 2.65. The predicted octanol–water partition coefficient (Wildman–Crippen LogP) is 3.30. The van der Waals surface area contributed by atoms with Crippen LogP contribution in [0.25, 0.3) is 0 Å². The molecule has 0 heterocycles. The molecule has 96 valence electrons. The first-order valence-electron chi connectivity index (χ1n) is 5.96. The van der Waals surface area contributed by atoms with E-state index in [1.54, 1.807) is 42.5 Å². The van der Waals surface area contributed by atoms with E-state index in [-0.39, 0.29) is 0 Å². The van der Waals surface area contributed by atoms with Crippen LogP contribution < -0.4 is 0 Å². The Morgan fingerprint density at radius 3 is 1.89 bits per heavy atom. The largest absolute Gasteiger partial charge is 0.386 e. The van der Waals surface area contributed by atoms with Crippen LogP contribution in [0.2, 0.25) is 0 Å². The van der Waals surface area contributed by atoms with Crippen LogP contribution in [0.3, 0.4) is 0 Å². The summed E-state index contributed by atoms with van der Waals surface area (Å²) in [6.45, 7) is 3.78. The minimum atomic E-state index is -0.634. The lowest BCUT2D eigenvalue weighted by Gasteiger charge is -2.05. The average molecular weight is 254 g/mol. The fraction of sp³-hybridized carbons (Fsp3) is 0.125. The van der Waals surface area contributed by atoms with Gasteiger partial charge in [0.1, 0.15) is 0 Å².